The number of hydrogen-bond donors (Lipinski definition) is 1. The summed E-state index contributed by atoms with van der Waals surface area (Å²) in [6.45, 7) is 9.39. The van der Waals surface area contributed by atoms with Crippen LogP contribution in [0.1, 0.15) is 59.4 Å². The number of nitrogens with zero attached hydrogens (tertiary/aromatic N) is 2. The van der Waals surface area contributed by atoms with E-state index in [-0.39, 0.29) is 24.5 Å². The number of amides is 4. The molecule has 154 valence electrons. The molecule has 4 amide bonds. The topological polar surface area (TPSA) is 69.7 Å². The van der Waals surface area contributed by atoms with Crippen molar-refractivity contribution in [2.24, 2.45) is 0 Å². The van der Waals surface area contributed by atoms with E-state index in [1.165, 1.54) is 24.3 Å². The van der Waals surface area contributed by atoms with Gasteiger partial charge in [0.05, 0.1) is 0 Å². The van der Waals surface area contributed by atoms with Crippen molar-refractivity contribution in [3.8, 4) is 0 Å². The molecule has 7 heteroatoms. The summed E-state index contributed by atoms with van der Waals surface area (Å²) in [7, 11) is 0. The molecular formula is C21H30FN3O3. The lowest BCUT2D eigenvalue weighted by Gasteiger charge is -2.35. The van der Waals surface area contributed by atoms with Gasteiger partial charge in [0.1, 0.15) is 17.9 Å². The minimum Gasteiger partial charge on any atom is -0.336 e. The minimum absolute atomic E-state index is 0.0104. The molecule has 3 atom stereocenters. The quantitative estimate of drug-likeness (QED) is 0.691. The van der Waals surface area contributed by atoms with Crippen molar-refractivity contribution in [2.75, 3.05) is 6.54 Å². The van der Waals surface area contributed by atoms with Crippen LogP contribution in [0.5, 0.6) is 0 Å². The second-order valence-corrected chi connectivity index (χ2v) is 7.40. The summed E-state index contributed by atoms with van der Waals surface area (Å²) in [5.41, 5.74) is -0.770. The summed E-state index contributed by atoms with van der Waals surface area (Å²) < 4.78 is 13.3. The molecule has 0 unspecified atom stereocenters. The molecular weight excluding hydrogens is 361 g/mol. The zero-order valence-corrected chi connectivity index (χ0v) is 17.3. The lowest BCUT2D eigenvalue weighted by molar-refractivity contribution is -0.142. The number of carbonyl (C=O) groups excluding carboxylic acids is 3. The Morgan fingerprint density at radius 1 is 1.11 bits per heavy atom. The smallest absolute Gasteiger partial charge is 0.325 e. The number of hydrogen-bond acceptors (Lipinski definition) is 3. The molecule has 1 aliphatic rings. The van der Waals surface area contributed by atoms with E-state index in [0.29, 0.717) is 12.0 Å². The van der Waals surface area contributed by atoms with Gasteiger partial charge in [-0.1, -0.05) is 32.9 Å². The highest BCUT2D eigenvalue weighted by atomic mass is 19.1. The Labute approximate surface area is 166 Å². The van der Waals surface area contributed by atoms with Crippen LogP contribution in [0.15, 0.2) is 24.3 Å². The molecule has 2 rings (SSSR count). The highest BCUT2D eigenvalue weighted by Gasteiger charge is 2.52. The Balaban J connectivity index is 2.29. The fraction of sp³-hybridized carbons (Fsp3) is 0.571. The summed E-state index contributed by atoms with van der Waals surface area (Å²) in [6, 6.07) is 4.92. The third-order valence-corrected chi connectivity index (χ3v) is 5.76. The van der Waals surface area contributed by atoms with Crippen molar-refractivity contribution in [1.82, 2.24) is 15.1 Å². The maximum Gasteiger partial charge on any atom is 0.325 e. The van der Waals surface area contributed by atoms with E-state index < -0.39 is 23.3 Å². The lowest BCUT2D eigenvalue weighted by atomic mass is 9.87. The molecule has 1 aliphatic heterocycles. The summed E-state index contributed by atoms with van der Waals surface area (Å²) in [5.74, 6) is -1.15. The van der Waals surface area contributed by atoms with Crippen molar-refractivity contribution in [3.63, 3.8) is 0 Å². The number of benzene rings is 1. The van der Waals surface area contributed by atoms with Gasteiger partial charge in [-0.15, -0.1) is 0 Å². The molecule has 1 saturated heterocycles. The van der Waals surface area contributed by atoms with E-state index in [9.17, 15) is 18.8 Å². The van der Waals surface area contributed by atoms with Crippen LogP contribution in [0.3, 0.4) is 0 Å². The fourth-order valence-corrected chi connectivity index (χ4v) is 3.68. The number of halogens is 1. The third kappa shape index (κ3) is 3.88. The Hall–Kier alpha value is -2.44. The van der Waals surface area contributed by atoms with Crippen LogP contribution in [0.4, 0.5) is 9.18 Å². The predicted molar refractivity (Wildman–Crippen MR) is 105 cm³/mol. The first kappa shape index (κ1) is 21.9. The molecule has 0 saturated carbocycles. The summed E-state index contributed by atoms with van der Waals surface area (Å²) >= 11 is 0. The van der Waals surface area contributed by atoms with Gasteiger partial charge in [-0.05, 0) is 50.8 Å². The molecule has 1 heterocycles. The van der Waals surface area contributed by atoms with Crippen LogP contribution >= 0.6 is 0 Å². The Morgan fingerprint density at radius 2 is 1.64 bits per heavy atom. The first-order chi connectivity index (χ1) is 13.2. The number of carbonyl (C=O) groups is 3. The van der Waals surface area contributed by atoms with Gasteiger partial charge in [0, 0.05) is 12.1 Å². The molecule has 0 bridgehead atoms. The fourth-order valence-electron chi connectivity index (χ4n) is 3.68. The summed E-state index contributed by atoms with van der Waals surface area (Å²) in [6.07, 6.45) is 1.86. The lowest BCUT2D eigenvalue weighted by Crippen LogP contribution is -2.50. The van der Waals surface area contributed by atoms with E-state index in [0.717, 1.165) is 17.7 Å². The largest absolute Gasteiger partial charge is 0.336 e. The van der Waals surface area contributed by atoms with Crippen LogP contribution in [0.25, 0.3) is 0 Å². The van der Waals surface area contributed by atoms with E-state index in [2.05, 4.69) is 5.32 Å². The van der Waals surface area contributed by atoms with Crippen LogP contribution in [-0.2, 0) is 15.1 Å². The van der Waals surface area contributed by atoms with Gasteiger partial charge in [0.15, 0.2) is 0 Å². The van der Waals surface area contributed by atoms with Gasteiger partial charge < -0.3 is 10.2 Å². The SMILES string of the molecule is CC[C@H](C)N(C(=O)CN1C(=O)N[C@](CC)(c2ccc(F)cc2)C1=O)[C@@H](C)CC. The van der Waals surface area contributed by atoms with Crippen molar-refractivity contribution in [1.29, 1.82) is 0 Å². The van der Waals surface area contributed by atoms with Crippen molar-refractivity contribution < 1.29 is 18.8 Å². The third-order valence-electron chi connectivity index (χ3n) is 5.76. The van der Waals surface area contributed by atoms with E-state index in [1.54, 1.807) is 11.8 Å². The molecule has 0 aliphatic carbocycles. The standard InChI is InChI=1S/C21H30FN3O3/c1-6-14(4)25(15(5)7-2)18(26)13-24-19(27)21(8-3,23-20(24)28)16-9-11-17(22)12-10-16/h9-12,14-15H,6-8,13H2,1-5H3,(H,23,28)/t14-,15-,21+/m0/s1. The average molecular weight is 391 g/mol. The van der Waals surface area contributed by atoms with Gasteiger partial charge in [-0.3, -0.25) is 14.5 Å². The van der Waals surface area contributed by atoms with E-state index in [1.807, 2.05) is 27.7 Å². The molecule has 1 fully saturated rings. The molecule has 0 radical (unpaired) electrons. The summed E-state index contributed by atoms with van der Waals surface area (Å²) in [4.78, 5) is 41.5. The summed E-state index contributed by atoms with van der Waals surface area (Å²) in [5, 5.41) is 2.73. The van der Waals surface area contributed by atoms with Gasteiger partial charge in [-0.2, -0.15) is 0 Å². The molecule has 0 aromatic heterocycles. The zero-order valence-electron chi connectivity index (χ0n) is 17.3. The van der Waals surface area contributed by atoms with E-state index >= 15 is 0 Å². The van der Waals surface area contributed by atoms with Crippen molar-refractivity contribution in [3.05, 3.63) is 35.6 Å². The predicted octanol–water partition coefficient (Wildman–Crippen LogP) is 3.41. The first-order valence-corrected chi connectivity index (χ1v) is 9.93. The number of urea groups is 1. The number of nitrogens with one attached hydrogen (secondary N) is 1. The first-order valence-electron chi connectivity index (χ1n) is 9.93. The van der Waals surface area contributed by atoms with Crippen molar-refractivity contribution in [2.45, 2.75) is 71.5 Å². The van der Waals surface area contributed by atoms with E-state index in [4.69, 9.17) is 0 Å². The van der Waals surface area contributed by atoms with Crippen LogP contribution in [0, 0.1) is 5.82 Å². The van der Waals surface area contributed by atoms with Gasteiger partial charge in [-0.25, -0.2) is 9.18 Å². The van der Waals surface area contributed by atoms with Crippen LogP contribution in [0.2, 0.25) is 0 Å². The monoisotopic (exact) mass is 391 g/mol. The maximum atomic E-state index is 13.3. The zero-order chi connectivity index (χ0) is 21.1. The highest BCUT2D eigenvalue weighted by molar-refractivity contribution is 6.09. The average Bonchev–Trinajstić information content (AvgIpc) is 2.93. The Bertz CT molecular complexity index is 727. The molecule has 0 spiro atoms. The number of imide groups is 1. The second-order valence-electron chi connectivity index (χ2n) is 7.40. The normalized spacial score (nSPS) is 21.4. The number of rotatable bonds is 8. The molecule has 1 N–H and O–H groups in total. The van der Waals surface area contributed by atoms with Gasteiger partial charge in [0.25, 0.3) is 5.91 Å². The van der Waals surface area contributed by atoms with Crippen molar-refractivity contribution >= 4 is 17.8 Å². The Kier molecular flexibility index (Phi) is 6.80. The Morgan fingerprint density at radius 3 is 2.11 bits per heavy atom. The minimum atomic E-state index is -1.28. The molecule has 1 aromatic rings. The molecule has 6 nitrogen and oxygen atoms in total. The second kappa shape index (κ2) is 8.71. The van der Waals surface area contributed by atoms with Gasteiger partial charge in [0.2, 0.25) is 5.91 Å². The van der Waals surface area contributed by atoms with Gasteiger partial charge >= 0.3 is 6.03 Å². The molecule has 28 heavy (non-hydrogen) atoms. The maximum absolute atomic E-state index is 13.3. The van der Waals surface area contributed by atoms with Crippen LogP contribution < -0.4 is 5.32 Å². The van der Waals surface area contributed by atoms with Crippen LogP contribution in [-0.4, -0.2) is 46.3 Å². The molecule has 1 aromatic carbocycles. The highest BCUT2D eigenvalue weighted by Crippen LogP contribution is 2.32.